The van der Waals surface area contributed by atoms with Crippen LogP contribution in [-0.4, -0.2) is 23.7 Å². The number of hydrogen-bond acceptors (Lipinski definition) is 3. The lowest BCUT2D eigenvalue weighted by atomic mass is 10.0. The average Bonchev–Trinajstić information content (AvgIpc) is 2.79. The minimum absolute atomic E-state index is 0.0508. The molecule has 18 heavy (non-hydrogen) atoms. The van der Waals surface area contributed by atoms with Crippen molar-refractivity contribution in [2.75, 3.05) is 12.3 Å². The molecule has 0 saturated heterocycles. The highest BCUT2D eigenvalue weighted by molar-refractivity contribution is 5.99. The van der Waals surface area contributed by atoms with E-state index in [1.54, 1.807) is 0 Å². The Balaban J connectivity index is 2.10. The molecule has 98 valence electrons. The van der Waals surface area contributed by atoms with E-state index in [0.717, 1.165) is 19.3 Å². The number of nitrogens with two attached hydrogens (primary N) is 1. The van der Waals surface area contributed by atoms with Crippen molar-refractivity contribution in [3.63, 3.8) is 0 Å². The number of aliphatic hydroxyl groups is 1. The van der Waals surface area contributed by atoms with Crippen LogP contribution in [0, 0.1) is 11.7 Å². The summed E-state index contributed by atoms with van der Waals surface area (Å²) < 4.78 is 13.3. The van der Waals surface area contributed by atoms with Gasteiger partial charge in [0.1, 0.15) is 5.82 Å². The van der Waals surface area contributed by atoms with Gasteiger partial charge in [0.25, 0.3) is 5.91 Å². The molecule has 0 bridgehead atoms. The molecule has 1 aromatic carbocycles. The van der Waals surface area contributed by atoms with E-state index >= 15 is 0 Å². The predicted octanol–water partition coefficient (Wildman–Crippen LogP) is 1.30. The summed E-state index contributed by atoms with van der Waals surface area (Å²) in [7, 11) is 0. The zero-order chi connectivity index (χ0) is 13.1. The van der Waals surface area contributed by atoms with Crippen molar-refractivity contribution in [3.8, 4) is 0 Å². The third-order valence-electron chi connectivity index (χ3n) is 3.51. The number of para-hydroxylation sites is 1. The van der Waals surface area contributed by atoms with Gasteiger partial charge in [-0.2, -0.15) is 0 Å². The highest BCUT2D eigenvalue weighted by Crippen LogP contribution is 2.26. The second kappa shape index (κ2) is 5.35. The molecule has 1 aliphatic rings. The van der Waals surface area contributed by atoms with E-state index in [1.165, 1.54) is 18.2 Å². The smallest absolute Gasteiger partial charge is 0.253 e. The maximum atomic E-state index is 13.3. The van der Waals surface area contributed by atoms with Crippen molar-refractivity contribution in [3.05, 3.63) is 29.6 Å². The van der Waals surface area contributed by atoms with E-state index in [2.05, 4.69) is 5.32 Å². The van der Waals surface area contributed by atoms with Gasteiger partial charge >= 0.3 is 0 Å². The lowest BCUT2D eigenvalue weighted by molar-refractivity contribution is 0.0916. The van der Waals surface area contributed by atoms with Crippen LogP contribution in [0.5, 0.6) is 0 Å². The first-order valence-corrected chi connectivity index (χ1v) is 6.09. The molecule has 0 radical (unpaired) electrons. The molecule has 0 aliphatic heterocycles. The van der Waals surface area contributed by atoms with E-state index in [0.29, 0.717) is 0 Å². The van der Waals surface area contributed by atoms with Crippen LogP contribution in [0.2, 0.25) is 0 Å². The van der Waals surface area contributed by atoms with Gasteiger partial charge in [-0.3, -0.25) is 4.79 Å². The molecule has 0 heterocycles. The number of amides is 1. The molecule has 1 amide bonds. The minimum atomic E-state index is -0.590. The molecule has 2 unspecified atom stereocenters. The van der Waals surface area contributed by atoms with Crippen LogP contribution in [0.1, 0.15) is 29.6 Å². The van der Waals surface area contributed by atoms with Gasteiger partial charge in [-0.25, -0.2) is 4.39 Å². The molecular weight excluding hydrogens is 235 g/mol. The number of anilines is 1. The molecule has 1 aromatic rings. The fourth-order valence-electron chi connectivity index (χ4n) is 2.43. The van der Waals surface area contributed by atoms with E-state index in [1.807, 2.05) is 0 Å². The monoisotopic (exact) mass is 252 g/mol. The lowest BCUT2D eigenvalue weighted by Crippen LogP contribution is -2.38. The SMILES string of the molecule is Nc1c(F)cccc1C(=O)NC1CCCC1CO. The fourth-order valence-corrected chi connectivity index (χ4v) is 2.43. The summed E-state index contributed by atoms with van der Waals surface area (Å²) in [5.41, 5.74) is 5.56. The number of aliphatic hydroxyl groups excluding tert-OH is 1. The van der Waals surface area contributed by atoms with Crippen molar-refractivity contribution in [2.24, 2.45) is 5.92 Å². The van der Waals surface area contributed by atoms with E-state index < -0.39 is 5.82 Å². The summed E-state index contributed by atoms with van der Waals surface area (Å²) in [5.74, 6) is -0.881. The lowest BCUT2D eigenvalue weighted by Gasteiger charge is -2.19. The number of carbonyl (C=O) groups excluding carboxylic acids is 1. The van der Waals surface area contributed by atoms with Gasteiger partial charge in [-0.1, -0.05) is 12.5 Å². The Morgan fingerprint density at radius 2 is 2.28 bits per heavy atom. The molecule has 2 rings (SSSR count). The van der Waals surface area contributed by atoms with Crippen LogP contribution in [0.15, 0.2) is 18.2 Å². The summed E-state index contributed by atoms with van der Waals surface area (Å²) in [5, 5.41) is 12.0. The third kappa shape index (κ3) is 2.46. The topological polar surface area (TPSA) is 75.4 Å². The fraction of sp³-hybridized carbons (Fsp3) is 0.462. The van der Waals surface area contributed by atoms with Crippen LogP contribution >= 0.6 is 0 Å². The molecule has 5 heteroatoms. The quantitative estimate of drug-likeness (QED) is 0.710. The summed E-state index contributed by atoms with van der Waals surface area (Å²) in [6.07, 6.45) is 2.72. The summed E-state index contributed by atoms with van der Waals surface area (Å²) in [6.45, 7) is 0.0591. The van der Waals surface area contributed by atoms with E-state index in [-0.39, 0.29) is 35.7 Å². The maximum absolute atomic E-state index is 13.3. The first kappa shape index (κ1) is 12.8. The van der Waals surface area contributed by atoms with Crippen molar-refractivity contribution in [1.82, 2.24) is 5.32 Å². The number of hydrogen-bond donors (Lipinski definition) is 3. The maximum Gasteiger partial charge on any atom is 0.253 e. The minimum Gasteiger partial charge on any atom is -0.396 e. The molecule has 1 saturated carbocycles. The zero-order valence-corrected chi connectivity index (χ0v) is 10.0. The first-order chi connectivity index (χ1) is 8.63. The Kier molecular flexibility index (Phi) is 3.81. The molecule has 1 fully saturated rings. The van der Waals surface area contributed by atoms with Crippen LogP contribution in [0.4, 0.5) is 10.1 Å². The molecule has 1 aliphatic carbocycles. The molecule has 4 N–H and O–H groups in total. The Hall–Kier alpha value is -1.62. The number of nitrogens with one attached hydrogen (secondary N) is 1. The normalized spacial score (nSPS) is 23.0. The van der Waals surface area contributed by atoms with Crippen LogP contribution in [0.25, 0.3) is 0 Å². The van der Waals surface area contributed by atoms with Gasteiger partial charge in [0.15, 0.2) is 0 Å². The summed E-state index contributed by atoms with van der Waals surface area (Å²) in [6, 6.07) is 4.12. The van der Waals surface area contributed by atoms with E-state index in [4.69, 9.17) is 5.73 Å². The standard InChI is InChI=1S/C13H17FN2O2/c14-10-5-2-4-9(12(10)15)13(18)16-11-6-1-3-8(11)7-17/h2,4-5,8,11,17H,1,3,6-7,15H2,(H,16,18). The number of rotatable bonds is 3. The van der Waals surface area contributed by atoms with Crippen LogP contribution < -0.4 is 11.1 Å². The Morgan fingerprint density at radius 3 is 3.00 bits per heavy atom. The number of carbonyl (C=O) groups is 1. The molecule has 2 atom stereocenters. The van der Waals surface area contributed by atoms with Gasteiger partial charge < -0.3 is 16.2 Å². The zero-order valence-electron chi connectivity index (χ0n) is 10.0. The average molecular weight is 252 g/mol. The van der Waals surface area contributed by atoms with Crippen LogP contribution in [0.3, 0.4) is 0 Å². The summed E-state index contributed by atoms with van der Waals surface area (Å²) in [4.78, 5) is 12.0. The highest BCUT2D eigenvalue weighted by Gasteiger charge is 2.28. The first-order valence-electron chi connectivity index (χ1n) is 6.09. The second-order valence-electron chi connectivity index (χ2n) is 4.65. The predicted molar refractivity (Wildman–Crippen MR) is 66.5 cm³/mol. The second-order valence-corrected chi connectivity index (χ2v) is 4.65. The van der Waals surface area contributed by atoms with Gasteiger partial charge in [0.05, 0.1) is 11.3 Å². The molecule has 0 aromatic heterocycles. The number of halogens is 1. The van der Waals surface area contributed by atoms with E-state index in [9.17, 15) is 14.3 Å². The molecule has 4 nitrogen and oxygen atoms in total. The van der Waals surface area contributed by atoms with Crippen molar-refractivity contribution >= 4 is 11.6 Å². The molecule has 0 spiro atoms. The van der Waals surface area contributed by atoms with Crippen LogP contribution in [-0.2, 0) is 0 Å². The molecular formula is C13H17FN2O2. The Bertz CT molecular complexity index is 451. The van der Waals surface area contributed by atoms with Crippen molar-refractivity contribution in [1.29, 1.82) is 0 Å². The van der Waals surface area contributed by atoms with Crippen molar-refractivity contribution in [2.45, 2.75) is 25.3 Å². The largest absolute Gasteiger partial charge is 0.396 e. The van der Waals surface area contributed by atoms with Crippen molar-refractivity contribution < 1.29 is 14.3 Å². The Labute approximate surface area is 105 Å². The number of nitrogen functional groups attached to an aromatic ring is 1. The third-order valence-corrected chi connectivity index (χ3v) is 3.51. The van der Waals surface area contributed by atoms with Gasteiger partial charge in [0.2, 0.25) is 0 Å². The highest BCUT2D eigenvalue weighted by atomic mass is 19.1. The number of benzene rings is 1. The van der Waals surface area contributed by atoms with Gasteiger partial charge in [-0.15, -0.1) is 0 Å². The van der Waals surface area contributed by atoms with Gasteiger partial charge in [-0.05, 0) is 25.0 Å². The summed E-state index contributed by atoms with van der Waals surface area (Å²) >= 11 is 0. The Morgan fingerprint density at radius 1 is 1.50 bits per heavy atom. The van der Waals surface area contributed by atoms with Gasteiger partial charge in [0, 0.05) is 18.6 Å².